The van der Waals surface area contributed by atoms with E-state index in [9.17, 15) is 0 Å². The Labute approximate surface area is 94.7 Å². The summed E-state index contributed by atoms with van der Waals surface area (Å²) in [5.41, 5.74) is 6.53. The predicted octanol–water partition coefficient (Wildman–Crippen LogP) is 1.12. The molecule has 0 aliphatic heterocycles. The molecule has 5 heteroatoms. The highest BCUT2D eigenvalue weighted by Crippen LogP contribution is 2.09. The Bertz CT molecular complexity index is 429. The number of aromatic nitrogens is 3. The minimum Gasteiger partial charge on any atom is -0.349 e. The Morgan fingerprint density at radius 3 is 2.88 bits per heavy atom. The van der Waals surface area contributed by atoms with E-state index in [2.05, 4.69) is 29.2 Å². The molecule has 2 heterocycles. The third-order valence-electron chi connectivity index (χ3n) is 2.61. The normalized spacial score (nSPS) is 13.2. The van der Waals surface area contributed by atoms with E-state index in [4.69, 9.17) is 5.73 Å². The van der Waals surface area contributed by atoms with Crippen molar-refractivity contribution in [1.29, 1.82) is 0 Å². The lowest BCUT2D eigenvalue weighted by Gasteiger charge is -2.18. The fourth-order valence-electron chi connectivity index (χ4n) is 1.56. The van der Waals surface area contributed by atoms with E-state index >= 15 is 0 Å². The molecule has 1 unspecified atom stereocenters. The van der Waals surface area contributed by atoms with E-state index in [1.165, 1.54) is 0 Å². The standard InChI is InChI=1S/C11H17N5/c1-8(2)9(7-12)13-11-14-10-5-3-4-6-16(10)15-11/h3-6,8-9H,7,12H2,1-2H3,(H,13,15). The summed E-state index contributed by atoms with van der Waals surface area (Å²) in [7, 11) is 0. The molecule has 86 valence electrons. The van der Waals surface area contributed by atoms with Crippen LogP contribution in [0.15, 0.2) is 24.4 Å². The van der Waals surface area contributed by atoms with Crippen molar-refractivity contribution < 1.29 is 0 Å². The van der Waals surface area contributed by atoms with E-state index in [0.29, 0.717) is 18.4 Å². The third-order valence-corrected chi connectivity index (χ3v) is 2.61. The molecule has 0 saturated heterocycles. The molecule has 0 spiro atoms. The molecule has 0 bridgehead atoms. The Balaban J connectivity index is 2.20. The van der Waals surface area contributed by atoms with Gasteiger partial charge in [-0.3, -0.25) is 0 Å². The Kier molecular flexibility index (Phi) is 3.05. The zero-order valence-corrected chi connectivity index (χ0v) is 9.59. The number of nitrogens with zero attached hydrogens (tertiary/aromatic N) is 3. The molecule has 16 heavy (non-hydrogen) atoms. The molecular weight excluding hydrogens is 202 g/mol. The minimum atomic E-state index is 0.206. The van der Waals surface area contributed by atoms with E-state index in [1.54, 1.807) is 4.52 Å². The van der Waals surface area contributed by atoms with E-state index in [1.807, 2.05) is 24.4 Å². The number of pyridine rings is 1. The molecular formula is C11H17N5. The van der Waals surface area contributed by atoms with Crippen LogP contribution in [0.4, 0.5) is 5.95 Å². The van der Waals surface area contributed by atoms with Crippen LogP contribution in [0.1, 0.15) is 13.8 Å². The lowest BCUT2D eigenvalue weighted by molar-refractivity contribution is 0.528. The molecule has 0 aromatic carbocycles. The summed E-state index contributed by atoms with van der Waals surface area (Å²) in [5.74, 6) is 1.09. The molecule has 0 amide bonds. The predicted molar refractivity (Wildman–Crippen MR) is 64.3 cm³/mol. The molecule has 0 aliphatic rings. The third kappa shape index (κ3) is 2.14. The lowest BCUT2D eigenvalue weighted by Crippen LogP contribution is -2.34. The van der Waals surface area contributed by atoms with Crippen molar-refractivity contribution in [2.45, 2.75) is 19.9 Å². The van der Waals surface area contributed by atoms with Crippen LogP contribution in [0.25, 0.3) is 5.65 Å². The molecule has 2 aromatic heterocycles. The second-order valence-electron chi connectivity index (χ2n) is 4.17. The zero-order valence-electron chi connectivity index (χ0n) is 9.59. The highest BCUT2D eigenvalue weighted by molar-refractivity contribution is 5.43. The maximum Gasteiger partial charge on any atom is 0.243 e. The van der Waals surface area contributed by atoms with Gasteiger partial charge in [0.2, 0.25) is 5.95 Å². The average Bonchev–Trinajstić information content (AvgIpc) is 2.67. The van der Waals surface area contributed by atoms with Gasteiger partial charge in [-0.05, 0) is 18.1 Å². The summed E-state index contributed by atoms with van der Waals surface area (Å²) >= 11 is 0. The first-order valence-electron chi connectivity index (χ1n) is 5.48. The number of nitrogens with two attached hydrogens (primary N) is 1. The first kappa shape index (κ1) is 10.9. The molecule has 0 radical (unpaired) electrons. The highest BCUT2D eigenvalue weighted by Gasteiger charge is 2.13. The summed E-state index contributed by atoms with van der Waals surface area (Å²) in [5, 5.41) is 7.57. The maximum absolute atomic E-state index is 5.69. The van der Waals surface area contributed by atoms with Crippen molar-refractivity contribution in [3.8, 4) is 0 Å². The van der Waals surface area contributed by atoms with Crippen LogP contribution in [0.3, 0.4) is 0 Å². The molecule has 0 saturated carbocycles. The molecule has 2 aromatic rings. The van der Waals surface area contributed by atoms with Gasteiger partial charge in [0, 0.05) is 18.8 Å². The molecule has 0 fully saturated rings. The first-order chi connectivity index (χ1) is 7.70. The van der Waals surface area contributed by atoms with Gasteiger partial charge in [-0.2, -0.15) is 4.98 Å². The SMILES string of the molecule is CC(C)C(CN)Nc1nc2ccccn2n1. The molecule has 2 rings (SSSR count). The number of rotatable bonds is 4. The highest BCUT2D eigenvalue weighted by atomic mass is 15.3. The van der Waals surface area contributed by atoms with Crippen LogP contribution < -0.4 is 11.1 Å². The van der Waals surface area contributed by atoms with Crippen molar-refractivity contribution >= 4 is 11.6 Å². The topological polar surface area (TPSA) is 68.2 Å². The molecule has 5 nitrogen and oxygen atoms in total. The largest absolute Gasteiger partial charge is 0.349 e. The van der Waals surface area contributed by atoms with Crippen LogP contribution in [0, 0.1) is 5.92 Å². The van der Waals surface area contributed by atoms with Gasteiger partial charge in [0.15, 0.2) is 5.65 Å². The van der Waals surface area contributed by atoms with Crippen molar-refractivity contribution in [3.63, 3.8) is 0 Å². The summed E-state index contributed by atoms with van der Waals surface area (Å²) in [6, 6.07) is 5.99. The lowest BCUT2D eigenvalue weighted by atomic mass is 10.1. The van der Waals surface area contributed by atoms with Gasteiger partial charge in [-0.25, -0.2) is 4.52 Å². The average molecular weight is 219 g/mol. The maximum atomic E-state index is 5.69. The van der Waals surface area contributed by atoms with Crippen LogP contribution in [0.5, 0.6) is 0 Å². The molecule has 1 atom stereocenters. The quantitative estimate of drug-likeness (QED) is 0.808. The smallest absolute Gasteiger partial charge is 0.243 e. The van der Waals surface area contributed by atoms with Crippen molar-refractivity contribution in [3.05, 3.63) is 24.4 Å². The first-order valence-corrected chi connectivity index (χ1v) is 5.48. The van der Waals surface area contributed by atoms with E-state index in [-0.39, 0.29) is 6.04 Å². The van der Waals surface area contributed by atoms with Crippen LogP contribution >= 0.6 is 0 Å². The Morgan fingerprint density at radius 2 is 2.25 bits per heavy atom. The van der Waals surface area contributed by atoms with Crippen molar-refractivity contribution in [2.75, 3.05) is 11.9 Å². The van der Waals surface area contributed by atoms with Gasteiger partial charge in [-0.1, -0.05) is 19.9 Å². The minimum absolute atomic E-state index is 0.206. The fourth-order valence-corrected chi connectivity index (χ4v) is 1.56. The van der Waals surface area contributed by atoms with Crippen LogP contribution in [0.2, 0.25) is 0 Å². The van der Waals surface area contributed by atoms with Crippen LogP contribution in [-0.2, 0) is 0 Å². The van der Waals surface area contributed by atoms with E-state index in [0.717, 1.165) is 5.65 Å². The molecule has 3 N–H and O–H groups in total. The van der Waals surface area contributed by atoms with Crippen molar-refractivity contribution in [2.24, 2.45) is 11.7 Å². The summed E-state index contributed by atoms with van der Waals surface area (Å²) in [4.78, 5) is 4.37. The van der Waals surface area contributed by atoms with Crippen LogP contribution in [-0.4, -0.2) is 27.2 Å². The second kappa shape index (κ2) is 4.49. The van der Waals surface area contributed by atoms with Crippen molar-refractivity contribution in [1.82, 2.24) is 14.6 Å². The second-order valence-corrected chi connectivity index (χ2v) is 4.17. The number of fused-ring (bicyclic) bond motifs is 1. The summed E-state index contributed by atoms with van der Waals surface area (Å²) in [6.07, 6.45) is 1.88. The van der Waals surface area contributed by atoms with Gasteiger partial charge in [0.25, 0.3) is 0 Å². The number of nitrogens with one attached hydrogen (secondary N) is 1. The van der Waals surface area contributed by atoms with Gasteiger partial charge in [0.1, 0.15) is 0 Å². The molecule has 0 aliphatic carbocycles. The fraction of sp³-hybridized carbons (Fsp3) is 0.455. The number of hydrogen-bond donors (Lipinski definition) is 2. The monoisotopic (exact) mass is 219 g/mol. The Hall–Kier alpha value is -1.62. The zero-order chi connectivity index (χ0) is 11.5. The van der Waals surface area contributed by atoms with Gasteiger partial charge < -0.3 is 11.1 Å². The van der Waals surface area contributed by atoms with E-state index < -0.39 is 0 Å². The van der Waals surface area contributed by atoms with Gasteiger partial charge in [0.05, 0.1) is 0 Å². The van der Waals surface area contributed by atoms with Gasteiger partial charge >= 0.3 is 0 Å². The van der Waals surface area contributed by atoms with Gasteiger partial charge in [-0.15, -0.1) is 5.10 Å². The summed E-state index contributed by atoms with van der Waals surface area (Å²) in [6.45, 7) is 4.83. The number of anilines is 1. The Morgan fingerprint density at radius 1 is 1.44 bits per heavy atom. The summed E-state index contributed by atoms with van der Waals surface area (Å²) < 4.78 is 1.75. The number of hydrogen-bond acceptors (Lipinski definition) is 4.